The molecule has 0 heterocycles. The van der Waals surface area contributed by atoms with Gasteiger partial charge in [-0.25, -0.2) is 0 Å². The molecule has 0 rings (SSSR count). The molecule has 0 aliphatic carbocycles. The van der Waals surface area contributed by atoms with Crippen LogP contribution in [0.4, 0.5) is 0 Å². The smallest absolute Gasteiger partial charge is 0.306 e. The molecule has 0 N–H and O–H groups in total. The second kappa shape index (κ2) is 45.9. The molecular formula is C53H102O6. The van der Waals surface area contributed by atoms with Crippen LogP contribution < -0.4 is 0 Å². The zero-order valence-electron chi connectivity index (χ0n) is 40.4. The molecule has 6 nitrogen and oxygen atoms in total. The average Bonchev–Trinajstić information content (AvgIpc) is 3.22. The normalized spacial score (nSPS) is 12.5. The van der Waals surface area contributed by atoms with E-state index < -0.39 is 6.10 Å². The molecule has 0 amide bonds. The van der Waals surface area contributed by atoms with Crippen LogP contribution in [-0.2, 0) is 28.6 Å². The maximum atomic E-state index is 12.8. The lowest BCUT2D eigenvalue weighted by molar-refractivity contribution is -0.167. The molecule has 0 spiro atoms. The zero-order chi connectivity index (χ0) is 43.3. The van der Waals surface area contributed by atoms with Crippen LogP contribution in [0.5, 0.6) is 0 Å². The van der Waals surface area contributed by atoms with Crippen LogP contribution in [-0.4, -0.2) is 37.2 Å². The van der Waals surface area contributed by atoms with Crippen molar-refractivity contribution in [1.82, 2.24) is 0 Å². The van der Waals surface area contributed by atoms with Crippen LogP contribution in [0.2, 0.25) is 0 Å². The second-order valence-electron chi connectivity index (χ2n) is 18.9. The Morgan fingerprint density at radius 2 is 0.644 bits per heavy atom. The van der Waals surface area contributed by atoms with Crippen LogP contribution in [0, 0.1) is 11.8 Å². The molecule has 0 saturated heterocycles. The number of unbranched alkanes of at least 4 members (excludes halogenated alkanes) is 31. The maximum absolute atomic E-state index is 12.8. The van der Waals surface area contributed by atoms with E-state index in [1.807, 2.05) is 0 Å². The number of carbonyl (C=O) groups excluding carboxylic acids is 3. The number of esters is 3. The van der Waals surface area contributed by atoms with Gasteiger partial charge in [0.15, 0.2) is 6.10 Å². The van der Waals surface area contributed by atoms with Gasteiger partial charge in [0.05, 0.1) is 0 Å². The Morgan fingerprint density at radius 3 is 0.966 bits per heavy atom. The predicted octanol–water partition coefficient (Wildman–Crippen LogP) is 16.9. The predicted molar refractivity (Wildman–Crippen MR) is 252 cm³/mol. The lowest BCUT2D eigenvalue weighted by Crippen LogP contribution is -2.30. The molecule has 0 aromatic carbocycles. The summed E-state index contributed by atoms with van der Waals surface area (Å²) < 4.78 is 16.8. The van der Waals surface area contributed by atoms with Crippen LogP contribution in [0.3, 0.4) is 0 Å². The first-order valence-corrected chi connectivity index (χ1v) is 26.3. The summed E-state index contributed by atoms with van der Waals surface area (Å²) in [7, 11) is 0. The van der Waals surface area contributed by atoms with Gasteiger partial charge in [-0.1, -0.05) is 253 Å². The summed E-state index contributed by atoms with van der Waals surface area (Å²) in [6.45, 7) is 11.4. The summed E-state index contributed by atoms with van der Waals surface area (Å²) >= 11 is 0. The van der Waals surface area contributed by atoms with Gasteiger partial charge >= 0.3 is 17.9 Å². The summed E-state index contributed by atoms with van der Waals surface area (Å²) in [5, 5.41) is 0. The Kier molecular flexibility index (Phi) is 44.7. The van der Waals surface area contributed by atoms with Crippen molar-refractivity contribution in [3.8, 4) is 0 Å². The Hall–Kier alpha value is -1.59. The van der Waals surface area contributed by atoms with Crippen LogP contribution in [0.25, 0.3) is 0 Å². The largest absolute Gasteiger partial charge is 0.462 e. The highest BCUT2D eigenvalue weighted by Crippen LogP contribution is 2.18. The van der Waals surface area contributed by atoms with E-state index in [1.165, 1.54) is 180 Å². The van der Waals surface area contributed by atoms with Crippen molar-refractivity contribution in [3.05, 3.63) is 0 Å². The molecule has 0 fully saturated rings. The quantitative estimate of drug-likeness (QED) is 0.0345. The summed E-state index contributed by atoms with van der Waals surface area (Å²) in [4.78, 5) is 37.9. The van der Waals surface area contributed by atoms with Gasteiger partial charge in [0.25, 0.3) is 0 Å². The van der Waals surface area contributed by atoms with Gasteiger partial charge in [0.2, 0.25) is 0 Å². The van der Waals surface area contributed by atoms with Gasteiger partial charge < -0.3 is 14.2 Å². The third-order valence-electron chi connectivity index (χ3n) is 12.3. The highest BCUT2D eigenvalue weighted by atomic mass is 16.6. The lowest BCUT2D eigenvalue weighted by Gasteiger charge is -2.18. The highest BCUT2D eigenvalue weighted by Gasteiger charge is 2.19. The van der Waals surface area contributed by atoms with Crippen molar-refractivity contribution in [2.24, 2.45) is 11.8 Å². The van der Waals surface area contributed by atoms with Crippen LogP contribution >= 0.6 is 0 Å². The average molecular weight is 835 g/mol. The fourth-order valence-corrected chi connectivity index (χ4v) is 7.96. The molecule has 350 valence electrons. The first-order chi connectivity index (χ1) is 28.8. The minimum Gasteiger partial charge on any atom is -0.462 e. The first kappa shape index (κ1) is 57.4. The van der Waals surface area contributed by atoms with Crippen molar-refractivity contribution >= 4 is 17.9 Å². The van der Waals surface area contributed by atoms with E-state index in [0.717, 1.165) is 69.6 Å². The molecule has 0 saturated carbocycles. The van der Waals surface area contributed by atoms with Crippen molar-refractivity contribution in [1.29, 1.82) is 0 Å². The Bertz CT molecular complexity index is 902. The molecule has 0 radical (unpaired) electrons. The Morgan fingerprint density at radius 1 is 0.356 bits per heavy atom. The van der Waals surface area contributed by atoms with E-state index in [4.69, 9.17) is 14.2 Å². The SMILES string of the molecule is CCCCCCCCCCCCCC(=O)O[C@H](COC(=O)CCCCCCCCCCCCCCCC(C)C)COC(=O)CCCCCCCCCCCCC(C)CC. The maximum Gasteiger partial charge on any atom is 0.306 e. The van der Waals surface area contributed by atoms with Gasteiger partial charge in [0.1, 0.15) is 13.2 Å². The number of hydrogen-bond acceptors (Lipinski definition) is 6. The Labute approximate surface area is 368 Å². The van der Waals surface area contributed by atoms with Gasteiger partial charge in [0, 0.05) is 19.3 Å². The molecule has 59 heavy (non-hydrogen) atoms. The van der Waals surface area contributed by atoms with E-state index in [0.29, 0.717) is 19.3 Å². The molecule has 0 bridgehead atoms. The molecular weight excluding hydrogens is 733 g/mol. The van der Waals surface area contributed by atoms with Gasteiger partial charge in [-0.3, -0.25) is 14.4 Å². The minimum absolute atomic E-state index is 0.0636. The Balaban J connectivity index is 4.29. The first-order valence-electron chi connectivity index (χ1n) is 26.3. The van der Waals surface area contributed by atoms with Crippen LogP contribution in [0.15, 0.2) is 0 Å². The van der Waals surface area contributed by atoms with Gasteiger partial charge in [-0.15, -0.1) is 0 Å². The molecule has 2 atom stereocenters. The van der Waals surface area contributed by atoms with E-state index in [-0.39, 0.29) is 31.1 Å². The second-order valence-corrected chi connectivity index (χ2v) is 18.9. The molecule has 1 unspecified atom stereocenters. The van der Waals surface area contributed by atoms with Crippen molar-refractivity contribution < 1.29 is 28.6 Å². The van der Waals surface area contributed by atoms with Gasteiger partial charge in [-0.05, 0) is 31.1 Å². The monoisotopic (exact) mass is 835 g/mol. The highest BCUT2D eigenvalue weighted by molar-refractivity contribution is 5.71. The summed E-state index contributed by atoms with van der Waals surface area (Å²) in [5.41, 5.74) is 0. The number of hydrogen-bond donors (Lipinski definition) is 0. The zero-order valence-corrected chi connectivity index (χ0v) is 40.4. The van der Waals surface area contributed by atoms with E-state index >= 15 is 0 Å². The third-order valence-corrected chi connectivity index (χ3v) is 12.3. The summed E-state index contributed by atoms with van der Waals surface area (Å²) in [6.07, 6.45) is 46.5. The summed E-state index contributed by atoms with van der Waals surface area (Å²) in [6, 6.07) is 0. The lowest BCUT2D eigenvalue weighted by atomic mass is 9.99. The van der Waals surface area contributed by atoms with E-state index in [2.05, 4.69) is 34.6 Å². The summed E-state index contributed by atoms with van der Waals surface area (Å²) in [5.74, 6) is 0.862. The molecule has 6 heteroatoms. The molecule has 0 aliphatic rings. The standard InChI is InChI=1S/C53H102O6/c1-6-8-9-10-11-12-16-25-30-35-40-45-53(56)59-50(47-58-52(55)44-39-34-29-24-20-19-22-27-32-37-42-49(5)7-2)46-57-51(54)43-38-33-28-23-18-15-13-14-17-21-26-31-36-41-48(3)4/h48-50H,6-47H2,1-5H3/t49?,50-/m1/s1. The molecule has 0 aliphatic heterocycles. The van der Waals surface area contributed by atoms with Crippen molar-refractivity contribution in [2.45, 2.75) is 298 Å². The third kappa shape index (κ3) is 45.8. The fourth-order valence-electron chi connectivity index (χ4n) is 7.96. The van der Waals surface area contributed by atoms with Crippen molar-refractivity contribution in [3.63, 3.8) is 0 Å². The number of ether oxygens (including phenoxy) is 3. The van der Waals surface area contributed by atoms with Crippen LogP contribution in [0.1, 0.15) is 291 Å². The molecule has 0 aromatic rings. The number of rotatable bonds is 47. The topological polar surface area (TPSA) is 78.9 Å². The van der Waals surface area contributed by atoms with Gasteiger partial charge in [-0.2, -0.15) is 0 Å². The fraction of sp³-hybridized carbons (Fsp3) is 0.943. The van der Waals surface area contributed by atoms with E-state index in [9.17, 15) is 14.4 Å². The van der Waals surface area contributed by atoms with Crippen molar-refractivity contribution in [2.75, 3.05) is 13.2 Å². The minimum atomic E-state index is -0.761. The number of carbonyl (C=O) groups is 3. The van der Waals surface area contributed by atoms with E-state index in [1.54, 1.807) is 0 Å². The molecule has 0 aromatic heterocycles.